The fourth-order valence-corrected chi connectivity index (χ4v) is 0.674. The average molecular weight is 128 g/mol. The lowest BCUT2D eigenvalue weighted by Gasteiger charge is -1.90. The Bertz CT molecular complexity index is 153. The van der Waals surface area contributed by atoms with Crippen LogP contribution in [0.15, 0.2) is 4.99 Å². The first-order chi connectivity index (χ1) is 4.33. The third-order valence-corrected chi connectivity index (χ3v) is 1.10. The maximum atomic E-state index is 10.3. The molecule has 0 spiro atoms. The summed E-state index contributed by atoms with van der Waals surface area (Å²) in [4.78, 5) is 13.9. The highest BCUT2D eigenvalue weighted by molar-refractivity contribution is 6.02. The summed E-state index contributed by atoms with van der Waals surface area (Å²) in [5.41, 5.74) is 0.738. The molecule has 0 aliphatic carbocycles. The molecule has 0 atom stereocenters. The number of hydrogen-bond acceptors (Lipinski definition) is 2. The molecule has 4 nitrogen and oxygen atoms in total. The van der Waals surface area contributed by atoms with E-state index in [1.165, 1.54) is 0 Å². The van der Waals surface area contributed by atoms with Crippen molar-refractivity contribution in [3.05, 3.63) is 0 Å². The van der Waals surface area contributed by atoms with Crippen molar-refractivity contribution in [3.8, 4) is 0 Å². The number of carbonyl (C=O) groups excluding carboxylic acids is 1. The van der Waals surface area contributed by atoms with Crippen LogP contribution in [0.3, 0.4) is 0 Å². The van der Waals surface area contributed by atoms with Crippen molar-refractivity contribution in [2.24, 2.45) is 4.99 Å². The van der Waals surface area contributed by atoms with Gasteiger partial charge in [0.05, 0.1) is 6.54 Å². The Morgan fingerprint density at radius 3 is 3.00 bits per heavy atom. The molecule has 0 aromatic heterocycles. The van der Waals surface area contributed by atoms with Crippen LogP contribution < -0.4 is 5.32 Å². The van der Waals surface area contributed by atoms with Crippen LogP contribution in [0.4, 0.5) is 4.79 Å². The van der Waals surface area contributed by atoms with Crippen LogP contribution in [0.2, 0.25) is 0 Å². The van der Waals surface area contributed by atoms with Gasteiger partial charge in [-0.1, -0.05) is 0 Å². The van der Waals surface area contributed by atoms with Gasteiger partial charge in [0.2, 0.25) is 0 Å². The minimum absolute atomic E-state index is 0.0633. The lowest BCUT2D eigenvalue weighted by atomic mass is 10.3. The molecule has 9 heavy (non-hydrogen) atoms. The third kappa shape index (κ3) is 1.50. The van der Waals surface area contributed by atoms with Gasteiger partial charge in [-0.05, 0) is 0 Å². The van der Waals surface area contributed by atoms with E-state index in [0.29, 0.717) is 13.0 Å². The lowest BCUT2D eigenvalue weighted by Crippen LogP contribution is -2.16. The first kappa shape index (κ1) is 6.22. The highest BCUT2D eigenvalue weighted by Crippen LogP contribution is 1.92. The van der Waals surface area contributed by atoms with Gasteiger partial charge < -0.3 is 10.4 Å². The van der Waals surface area contributed by atoms with Crippen molar-refractivity contribution in [2.75, 3.05) is 13.2 Å². The van der Waals surface area contributed by atoms with Gasteiger partial charge >= 0.3 is 6.03 Å². The van der Waals surface area contributed by atoms with E-state index < -0.39 is 0 Å². The Hall–Kier alpha value is -0.900. The van der Waals surface area contributed by atoms with Crippen LogP contribution in [-0.4, -0.2) is 30.0 Å². The number of rotatable bonds is 2. The Morgan fingerprint density at radius 2 is 2.56 bits per heavy atom. The van der Waals surface area contributed by atoms with Gasteiger partial charge in [-0.25, -0.2) is 9.79 Å². The van der Waals surface area contributed by atoms with Gasteiger partial charge in [-0.15, -0.1) is 0 Å². The van der Waals surface area contributed by atoms with Crippen LogP contribution in [0.1, 0.15) is 6.42 Å². The van der Waals surface area contributed by atoms with E-state index in [9.17, 15) is 4.79 Å². The molecule has 0 aromatic rings. The van der Waals surface area contributed by atoms with E-state index in [1.807, 2.05) is 0 Å². The van der Waals surface area contributed by atoms with Gasteiger partial charge in [0.1, 0.15) is 0 Å². The van der Waals surface area contributed by atoms with E-state index >= 15 is 0 Å². The predicted octanol–water partition coefficient (Wildman–Crippen LogP) is -0.467. The Kier molecular flexibility index (Phi) is 1.79. The summed E-state index contributed by atoms with van der Waals surface area (Å²) in [5, 5.41) is 10.9. The fraction of sp³-hybridized carbons (Fsp3) is 0.600. The number of nitrogens with zero attached hydrogens (tertiary/aromatic N) is 1. The summed E-state index contributed by atoms with van der Waals surface area (Å²) < 4.78 is 0. The molecule has 4 heteroatoms. The van der Waals surface area contributed by atoms with Gasteiger partial charge in [0.25, 0.3) is 0 Å². The normalized spacial score (nSPS) is 17.4. The second-order valence-corrected chi connectivity index (χ2v) is 1.81. The van der Waals surface area contributed by atoms with E-state index in [0.717, 1.165) is 5.71 Å². The SMILES string of the molecule is O=C1N=C(CCO)CN1. The van der Waals surface area contributed by atoms with Crippen molar-refractivity contribution in [3.63, 3.8) is 0 Å². The molecule has 1 aliphatic rings. The topological polar surface area (TPSA) is 61.7 Å². The zero-order valence-electron chi connectivity index (χ0n) is 4.92. The molecule has 0 saturated carbocycles. The van der Waals surface area contributed by atoms with Gasteiger partial charge in [-0.3, -0.25) is 0 Å². The second kappa shape index (κ2) is 2.59. The molecule has 0 fully saturated rings. The van der Waals surface area contributed by atoms with Crippen LogP contribution in [0, 0.1) is 0 Å². The largest absolute Gasteiger partial charge is 0.396 e. The van der Waals surface area contributed by atoms with E-state index in [2.05, 4.69) is 10.3 Å². The number of aliphatic imine (C=N–C) groups is 1. The smallest absolute Gasteiger partial charge is 0.341 e. The molecule has 0 saturated heterocycles. The molecule has 0 unspecified atom stereocenters. The van der Waals surface area contributed by atoms with Crippen molar-refractivity contribution >= 4 is 11.7 Å². The minimum atomic E-state index is -0.293. The van der Waals surface area contributed by atoms with E-state index in [-0.39, 0.29) is 12.6 Å². The summed E-state index contributed by atoms with van der Waals surface area (Å²) in [6.45, 7) is 0.563. The standard InChI is InChI=1S/C5H8N2O2/c8-2-1-4-3-6-5(9)7-4/h8H,1-3H2,(H,6,9). The summed E-state index contributed by atoms with van der Waals surface area (Å²) in [7, 11) is 0. The maximum Gasteiger partial charge on any atom is 0.341 e. The van der Waals surface area contributed by atoms with Gasteiger partial charge in [0.15, 0.2) is 0 Å². The Morgan fingerprint density at radius 1 is 1.78 bits per heavy atom. The number of nitrogens with one attached hydrogen (secondary N) is 1. The monoisotopic (exact) mass is 128 g/mol. The van der Waals surface area contributed by atoms with Crippen molar-refractivity contribution in [2.45, 2.75) is 6.42 Å². The summed E-state index contributed by atoms with van der Waals surface area (Å²) in [6, 6.07) is -0.293. The van der Waals surface area contributed by atoms with Crippen LogP contribution in [0.25, 0.3) is 0 Å². The molecule has 50 valence electrons. The predicted molar refractivity (Wildman–Crippen MR) is 32.5 cm³/mol. The highest BCUT2D eigenvalue weighted by Gasteiger charge is 2.10. The molecule has 0 bridgehead atoms. The third-order valence-electron chi connectivity index (χ3n) is 1.10. The highest BCUT2D eigenvalue weighted by atomic mass is 16.3. The number of aliphatic hydroxyl groups excluding tert-OH is 1. The first-order valence-electron chi connectivity index (χ1n) is 2.78. The molecule has 0 radical (unpaired) electrons. The Balaban J connectivity index is 2.42. The van der Waals surface area contributed by atoms with Crippen LogP contribution in [0.5, 0.6) is 0 Å². The maximum absolute atomic E-state index is 10.3. The van der Waals surface area contributed by atoms with Crippen molar-refractivity contribution in [1.82, 2.24) is 5.32 Å². The quantitative estimate of drug-likeness (QED) is 0.528. The summed E-state index contributed by atoms with van der Waals surface area (Å²) in [5.74, 6) is 0. The van der Waals surface area contributed by atoms with Gasteiger partial charge in [0, 0.05) is 18.7 Å². The van der Waals surface area contributed by atoms with E-state index in [4.69, 9.17) is 5.11 Å². The number of amides is 2. The molecule has 1 rings (SSSR count). The molecule has 2 N–H and O–H groups in total. The molecular formula is C5H8N2O2. The number of hydrogen-bond donors (Lipinski definition) is 2. The zero-order valence-corrected chi connectivity index (χ0v) is 4.92. The molecular weight excluding hydrogens is 120 g/mol. The van der Waals surface area contributed by atoms with Crippen molar-refractivity contribution < 1.29 is 9.90 Å². The van der Waals surface area contributed by atoms with E-state index in [1.54, 1.807) is 0 Å². The van der Waals surface area contributed by atoms with Crippen LogP contribution >= 0.6 is 0 Å². The minimum Gasteiger partial charge on any atom is -0.396 e. The number of aliphatic hydroxyl groups is 1. The van der Waals surface area contributed by atoms with Crippen LogP contribution in [-0.2, 0) is 0 Å². The first-order valence-corrected chi connectivity index (χ1v) is 2.78. The lowest BCUT2D eigenvalue weighted by molar-refractivity contribution is 0.252. The molecule has 2 amide bonds. The second-order valence-electron chi connectivity index (χ2n) is 1.81. The summed E-state index contributed by atoms with van der Waals surface area (Å²) >= 11 is 0. The summed E-state index contributed by atoms with van der Waals surface area (Å²) in [6.07, 6.45) is 0.499. The van der Waals surface area contributed by atoms with Gasteiger partial charge in [-0.2, -0.15) is 0 Å². The molecule has 0 aromatic carbocycles. The molecule has 1 heterocycles. The number of carbonyl (C=O) groups is 1. The Labute approximate surface area is 52.6 Å². The average Bonchev–Trinajstić information content (AvgIpc) is 2.17. The molecule has 1 aliphatic heterocycles. The fourth-order valence-electron chi connectivity index (χ4n) is 0.674. The number of urea groups is 1. The van der Waals surface area contributed by atoms with Crippen molar-refractivity contribution in [1.29, 1.82) is 0 Å². The zero-order chi connectivity index (χ0) is 6.69.